The van der Waals surface area contributed by atoms with Crippen molar-refractivity contribution in [3.63, 3.8) is 0 Å². The first-order valence-corrected chi connectivity index (χ1v) is 9.29. The normalized spacial score (nSPS) is 10.8. The lowest BCUT2D eigenvalue weighted by Crippen LogP contribution is -2.17. The molecule has 0 radical (unpaired) electrons. The summed E-state index contributed by atoms with van der Waals surface area (Å²) in [6.45, 7) is 2.17. The van der Waals surface area contributed by atoms with Gasteiger partial charge in [0.1, 0.15) is 11.5 Å². The number of aryl methyl sites for hydroxylation is 1. The summed E-state index contributed by atoms with van der Waals surface area (Å²) >= 11 is 1.12. The lowest BCUT2D eigenvalue weighted by molar-refractivity contribution is 0.0958. The molecule has 3 N–H and O–H groups in total. The Labute approximate surface area is 166 Å². The zero-order valence-electron chi connectivity index (χ0n) is 15.5. The van der Waals surface area contributed by atoms with Gasteiger partial charge in [0, 0.05) is 0 Å². The minimum atomic E-state index is -0.349. The van der Waals surface area contributed by atoms with Crippen LogP contribution >= 0.6 is 11.3 Å². The second-order valence-corrected chi connectivity index (χ2v) is 6.88. The number of ether oxygens (including phenoxy) is 2. The van der Waals surface area contributed by atoms with E-state index in [-0.39, 0.29) is 5.91 Å². The Hall–Kier alpha value is -3.39. The van der Waals surface area contributed by atoms with Gasteiger partial charge in [-0.15, -0.1) is 0 Å². The summed E-state index contributed by atoms with van der Waals surface area (Å²) < 4.78 is 11.2. The summed E-state index contributed by atoms with van der Waals surface area (Å²) in [6, 6.07) is 15.3. The van der Waals surface area contributed by atoms with E-state index in [1.807, 2.05) is 36.4 Å². The summed E-state index contributed by atoms with van der Waals surface area (Å²) in [7, 11) is 1.57. The van der Waals surface area contributed by atoms with E-state index >= 15 is 0 Å². The number of nitrogens with two attached hydrogens (primary N) is 1. The zero-order chi connectivity index (χ0) is 19.9. The Bertz CT molecular complexity index is 986. The molecule has 144 valence electrons. The van der Waals surface area contributed by atoms with Crippen LogP contribution in [0.3, 0.4) is 0 Å². The summed E-state index contributed by atoms with van der Waals surface area (Å²) in [4.78, 5) is 16.6. The molecule has 7 nitrogen and oxygen atoms in total. The van der Waals surface area contributed by atoms with E-state index in [2.05, 4.69) is 15.5 Å². The number of amides is 1. The molecule has 0 atom stereocenters. The molecule has 0 bridgehead atoms. The lowest BCUT2D eigenvalue weighted by Gasteiger charge is -2.11. The van der Waals surface area contributed by atoms with Gasteiger partial charge in [-0.3, -0.25) is 4.79 Å². The van der Waals surface area contributed by atoms with E-state index in [4.69, 9.17) is 15.2 Å². The van der Waals surface area contributed by atoms with Gasteiger partial charge < -0.3 is 15.2 Å². The van der Waals surface area contributed by atoms with Gasteiger partial charge in [0.25, 0.3) is 5.91 Å². The molecule has 28 heavy (non-hydrogen) atoms. The molecule has 2 aromatic carbocycles. The van der Waals surface area contributed by atoms with E-state index in [0.717, 1.165) is 22.5 Å². The highest BCUT2D eigenvalue weighted by Gasteiger charge is 2.13. The number of nitrogens with one attached hydrogen (secondary N) is 1. The molecule has 0 saturated carbocycles. The monoisotopic (exact) mass is 396 g/mol. The first kappa shape index (κ1) is 19.4. The number of carbonyl (C=O) groups excluding carboxylic acids is 1. The molecule has 8 heteroatoms. The Morgan fingerprint density at radius 3 is 2.71 bits per heavy atom. The van der Waals surface area contributed by atoms with Crippen molar-refractivity contribution in [3.05, 3.63) is 70.2 Å². The Kier molecular flexibility index (Phi) is 6.23. The number of aromatic nitrogens is 1. The van der Waals surface area contributed by atoms with Gasteiger partial charge in [0.15, 0.2) is 16.6 Å². The third-order valence-corrected chi connectivity index (χ3v) is 4.81. The zero-order valence-corrected chi connectivity index (χ0v) is 16.3. The van der Waals surface area contributed by atoms with Gasteiger partial charge in [-0.1, -0.05) is 41.7 Å². The van der Waals surface area contributed by atoms with E-state index < -0.39 is 0 Å². The number of benzene rings is 2. The highest BCUT2D eigenvalue weighted by molar-refractivity contribution is 7.17. The van der Waals surface area contributed by atoms with Crippen LogP contribution in [0, 0.1) is 6.92 Å². The summed E-state index contributed by atoms with van der Waals surface area (Å²) in [5, 5.41) is 4.33. The fraction of sp³-hybridized carbons (Fsp3) is 0.150. The molecule has 1 heterocycles. The molecule has 0 fully saturated rings. The predicted octanol–water partition coefficient (Wildman–Crippen LogP) is 3.39. The van der Waals surface area contributed by atoms with Crippen molar-refractivity contribution >= 4 is 28.6 Å². The third-order valence-electron chi connectivity index (χ3n) is 3.82. The van der Waals surface area contributed by atoms with Crippen LogP contribution in [0.4, 0.5) is 5.13 Å². The number of rotatable bonds is 7. The summed E-state index contributed by atoms with van der Waals surface area (Å²) in [5.74, 6) is 0.860. The molecule has 3 aromatic rings. The number of nitrogens with zero attached hydrogens (tertiary/aromatic N) is 2. The highest BCUT2D eigenvalue weighted by Crippen LogP contribution is 2.28. The molecule has 3 rings (SSSR count). The SMILES string of the molecule is COc1cc(/C=N\NC(=O)c2sc(N)nc2C)ccc1OCc1ccccc1. The largest absolute Gasteiger partial charge is 0.493 e. The molecule has 1 aromatic heterocycles. The summed E-state index contributed by atoms with van der Waals surface area (Å²) in [5.41, 5.74) is 10.5. The average molecular weight is 396 g/mol. The van der Waals surface area contributed by atoms with E-state index in [9.17, 15) is 4.79 Å². The van der Waals surface area contributed by atoms with Gasteiger partial charge in [0.05, 0.1) is 19.0 Å². The first-order valence-electron chi connectivity index (χ1n) is 8.48. The van der Waals surface area contributed by atoms with Crippen LogP contribution in [0.1, 0.15) is 26.5 Å². The number of methoxy groups -OCH3 is 1. The van der Waals surface area contributed by atoms with Crippen molar-refractivity contribution in [1.29, 1.82) is 0 Å². The number of anilines is 1. The molecular formula is C20H20N4O3S. The van der Waals surface area contributed by atoms with Gasteiger partial charge in [-0.25, -0.2) is 10.4 Å². The molecule has 0 unspecified atom stereocenters. The maximum atomic E-state index is 12.1. The Balaban J connectivity index is 1.63. The fourth-order valence-corrected chi connectivity index (χ4v) is 3.19. The molecule has 0 spiro atoms. The minimum absolute atomic E-state index is 0.349. The van der Waals surface area contributed by atoms with Crippen LogP contribution in [0.5, 0.6) is 11.5 Å². The van der Waals surface area contributed by atoms with Crippen molar-refractivity contribution in [2.24, 2.45) is 5.10 Å². The van der Waals surface area contributed by atoms with Gasteiger partial charge in [-0.05, 0) is 36.2 Å². The number of nitrogen functional groups attached to an aromatic ring is 1. The topological polar surface area (TPSA) is 98.8 Å². The first-order chi connectivity index (χ1) is 13.6. The molecule has 0 aliphatic heterocycles. The number of hydrogen-bond acceptors (Lipinski definition) is 7. The third kappa shape index (κ3) is 4.86. The van der Waals surface area contributed by atoms with Crippen LogP contribution in [-0.4, -0.2) is 24.2 Å². The average Bonchev–Trinajstić information content (AvgIpc) is 3.05. The van der Waals surface area contributed by atoms with E-state index in [1.165, 1.54) is 6.21 Å². The molecule has 0 saturated heterocycles. The van der Waals surface area contributed by atoms with Gasteiger partial charge in [-0.2, -0.15) is 5.10 Å². The van der Waals surface area contributed by atoms with Crippen molar-refractivity contribution in [2.75, 3.05) is 12.8 Å². The van der Waals surface area contributed by atoms with Crippen LogP contribution < -0.4 is 20.6 Å². The molecule has 0 aliphatic carbocycles. The maximum absolute atomic E-state index is 12.1. The smallest absolute Gasteiger partial charge is 0.283 e. The van der Waals surface area contributed by atoms with Crippen molar-refractivity contribution in [2.45, 2.75) is 13.5 Å². The van der Waals surface area contributed by atoms with Crippen LogP contribution in [0.2, 0.25) is 0 Å². The maximum Gasteiger partial charge on any atom is 0.283 e. The Morgan fingerprint density at radius 1 is 1.25 bits per heavy atom. The standard InChI is InChI=1S/C20H20N4O3S/c1-13-18(28-20(21)23-13)19(25)24-22-11-15-8-9-16(17(10-15)26-2)27-12-14-6-4-3-5-7-14/h3-11H,12H2,1-2H3,(H2,21,23)(H,24,25)/b22-11-. The number of carbonyl (C=O) groups is 1. The van der Waals surface area contributed by atoms with Crippen LogP contribution in [0.15, 0.2) is 53.6 Å². The fourth-order valence-electron chi connectivity index (χ4n) is 2.46. The Morgan fingerprint density at radius 2 is 2.04 bits per heavy atom. The van der Waals surface area contributed by atoms with Crippen molar-refractivity contribution in [1.82, 2.24) is 10.4 Å². The second kappa shape index (κ2) is 9.01. The van der Waals surface area contributed by atoms with E-state index in [1.54, 1.807) is 26.2 Å². The van der Waals surface area contributed by atoms with Crippen LogP contribution in [0.25, 0.3) is 0 Å². The second-order valence-electron chi connectivity index (χ2n) is 5.85. The lowest BCUT2D eigenvalue weighted by atomic mass is 10.2. The quantitative estimate of drug-likeness (QED) is 0.471. The van der Waals surface area contributed by atoms with E-state index in [0.29, 0.717) is 33.8 Å². The molecular weight excluding hydrogens is 376 g/mol. The van der Waals surface area contributed by atoms with Gasteiger partial charge >= 0.3 is 0 Å². The summed E-state index contributed by atoms with van der Waals surface area (Å²) in [6.07, 6.45) is 1.53. The predicted molar refractivity (Wildman–Crippen MR) is 110 cm³/mol. The number of thiazole rings is 1. The minimum Gasteiger partial charge on any atom is -0.493 e. The van der Waals surface area contributed by atoms with Crippen molar-refractivity contribution < 1.29 is 14.3 Å². The van der Waals surface area contributed by atoms with Crippen LogP contribution in [-0.2, 0) is 6.61 Å². The number of hydrazone groups is 1. The highest BCUT2D eigenvalue weighted by atomic mass is 32.1. The van der Waals surface area contributed by atoms with Gasteiger partial charge in [0.2, 0.25) is 0 Å². The number of hydrogen-bond donors (Lipinski definition) is 2. The van der Waals surface area contributed by atoms with Crippen molar-refractivity contribution in [3.8, 4) is 11.5 Å². The molecule has 1 amide bonds. The molecule has 0 aliphatic rings.